The maximum Gasteiger partial charge on any atom is 0.331 e. The van der Waals surface area contributed by atoms with Crippen LogP contribution in [0.15, 0.2) is 65.6 Å². The van der Waals surface area contributed by atoms with E-state index in [2.05, 4.69) is 10.1 Å². The number of benzene rings is 1. The summed E-state index contributed by atoms with van der Waals surface area (Å²) in [6, 6.07) is 14.7. The maximum absolute atomic E-state index is 12.2. The van der Waals surface area contributed by atoms with E-state index in [4.69, 9.17) is 16.3 Å². The Bertz CT molecular complexity index is 1370. The van der Waals surface area contributed by atoms with E-state index in [1.54, 1.807) is 35.2 Å². The van der Waals surface area contributed by atoms with Gasteiger partial charge in [0.25, 0.3) is 5.56 Å². The van der Waals surface area contributed by atoms with Gasteiger partial charge in [0, 0.05) is 23.9 Å². The molecule has 0 fully saturated rings. The molecule has 7 nitrogen and oxygen atoms in total. The highest BCUT2D eigenvalue weighted by atomic mass is 35.5. The van der Waals surface area contributed by atoms with Crippen LogP contribution in [0.25, 0.3) is 11.7 Å². The van der Waals surface area contributed by atoms with Crippen molar-refractivity contribution < 1.29 is 9.53 Å². The van der Waals surface area contributed by atoms with E-state index in [1.165, 1.54) is 22.1 Å². The van der Waals surface area contributed by atoms with E-state index in [9.17, 15) is 9.59 Å². The lowest BCUT2D eigenvalue weighted by Crippen LogP contribution is -2.16. The van der Waals surface area contributed by atoms with Gasteiger partial charge in [-0.2, -0.15) is 5.10 Å². The molecule has 0 aliphatic carbocycles. The first-order chi connectivity index (χ1) is 15.4. The maximum atomic E-state index is 12.2. The zero-order chi connectivity index (χ0) is 22.7. The normalized spacial score (nSPS) is 11.3. The minimum atomic E-state index is -0.568. The number of nitrogens with zero attached hydrogens (tertiary/aromatic N) is 4. The van der Waals surface area contributed by atoms with Crippen LogP contribution in [0.3, 0.4) is 0 Å². The number of rotatable bonds is 6. The van der Waals surface area contributed by atoms with Crippen molar-refractivity contribution in [1.82, 2.24) is 19.2 Å². The Morgan fingerprint density at radius 1 is 1.16 bits per heavy atom. The Morgan fingerprint density at radius 2 is 1.94 bits per heavy atom. The molecule has 8 heteroatoms. The van der Waals surface area contributed by atoms with Crippen molar-refractivity contribution in [2.24, 2.45) is 0 Å². The number of hydrogen-bond acceptors (Lipinski definition) is 5. The summed E-state index contributed by atoms with van der Waals surface area (Å²) < 4.78 is 8.35. The largest absolute Gasteiger partial charge is 0.456 e. The van der Waals surface area contributed by atoms with E-state index in [-0.39, 0.29) is 12.2 Å². The third-order valence-electron chi connectivity index (χ3n) is 4.93. The van der Waals surface area contributed by atoms with Gasteiger partial charge in [0.15, 0.2) is 0 Å². The summed E-state index contributed by atoms with van der Waals surface area (Å²) in [4.78, 5) is 28.7. The first kappa shape index (κ1) is 21.5. The van der Waals surface area contributed by atoms with E-state index in [1.807, 2.05) is 38.1 Å². The van der Waals surface area contributed by atoms with Gasteiger partial charge in [-0.15, -0.1) is 0 Å². The van der Waals surface area contributed by atoms with Gasteiger partial charge >= 0.3 is 5.97 Å². The number of carbonyl (C=O) groups excluding carboxylic acids is 1. The second kappa shape index (κ2) is 9.20. The molecule has 162 valence electrons. The van der Waals surface area contributed by atoms with Crippen LogP contribution < -0.4 is 5.56 Å². The van der Waals surface area contributed by atoms with Gasteiger partial charge in [-0.25, -0.2) is 14.5 Å². The van der Waals surface area contributed by atoms with Gasteiger partial charge in [0.05, 0.1) is 17.9 Å². The third kappa shape index (κ3) is 4.78. The number of halogens is 1. The average molecular weight is 449 g/mol. The average Bonchev–Trinajstić information content (AvgIpc) is 3.04. The number of aryl methyl sites for hydroxylation is 2. The second-order valence-electron chi connectivity index (χ2n) is 7.39. The van der Waals surface area contributed by atoms with Crippen LogP contribution in [0.4, 0.5) is 0 Å². The molecule has 0 N–H and O–H groups in total. The SMILES string of the molecule is Cc1ccc(Cn2nc(C)c(/C=C/C(=O)OCc3cc(=O)n4ccccc4n3)c2Cl)cc1. The van der Waals surface area contributed by atoms with Crippen LogP contribution in [0.1, 0.15) is 28.1 Å². The number of ether oxygens (including phenoxy) is 1. The van der Waals surface area contributed by atoms with Gasteiger partial charge in [-0.05, 0) is 37.6 Å². The molecular formula is C24H21ClN4O3. The van der Waals surface area contributed by atoms with E-state index in [0.29, 0.717) is 34.3 Å². The molecule has 4 aromatic rings. The Morgan fingerprint density at radius 3 is 2.72 bits per heavy atom. The van der Waals surface area contributed by atoms with Crippen LogP contribution in [0.5, 0.6) is 0 Å². The Kier molecular flexibility index (Phi) is 6.18. The number of pyridine rings is 1. The smallest absolute Gasteiger partial charge is 0.331 e. The molecule has 1 aromatic carbocycles. The van der Waals surface area contributed by atoms with Gasteiger partial charge in [-0.1, -0.05) is 47.5 Å². The molecule has 0 spiro atoms. The zero-order valence-corrected chi connectivity index (χ0v) is 18.4. The Balaban J connectivity index is 1.43. The molecule has 0 saturated carbocycles. The van der Waals surface area contributed by atoms with E-state index >= 15 is 0 Å². The fourth-order valence-corrected chi connectivity index (χ4v) is 3.55. The minimum absolute atomic E-state index is 0.108. The molecule has 32 heavy (non-hydrogen) atoms. The summed E-state index contributed by atoms with van der Waals surface area (Å²) in [6.45, 7) is 4.28. The van der Waals surface area contributed by atoms with Gasteiger partial charge in [0.1, 0.15) is 17.4 Å². The van der Waals surface area contributed by atoms with Crippen LogP contribution in [0, 0.1) is 13.8 Å². The number of aromatic nitrogens is 4. The van der Waals surface area contributed by atoms with Crippen molar-refractivity contribution in [2.75, 3.05) is 0 Å². The molecule has 0 saturated heterocycles. The second-order valence-corrected chi connectivity index (χ2v) is 7.75. The number of carbonyl (C=O) groups is 1. The van der Waals surface area contributed by atoms with Crippen LogP contribution in [0.2, 0.25) is 5.15 Å². The highest BCUT2D eigenvalue weighted by Gasteiger charge is 2.12. The Labute approximate surface area is 189 Å². The number of esters is 1. The number of fused-ring (bicyclic) bond motifs is 1. The van der Waals surface area contributed by atoms with Crippen molar-refractivity contribution in [2.45, 2.75) is 27.0 Å². The monoisotopic (exact) mass is 448 g/mol. The zero-order valence-electron chi connectivity index (χ0n) is 17.7. The summed E-state index contributed by atoms with van der Waals surface area (Å²) >= 11 is 6.49. The molecule has 3 heterocycles. The van der Waals surface area contributed by atoms with Crippen LogP contribution in [-0.4, -0.2) is 25.1 Å². The molecule has 0 aliphatic rings. The topological polar surface area (TPSA) is 78.5 Å². The van der Waals surface area contributed by atoms with E-state index < -0.39 is 5.97 Å². The van der Waals surface area contributed by atoms with Crippen molar-refractivity contribution in [3.63, 3.8) is 0 Å². The lowest BCUT2D eigenvalue weighted by molar-refractivity contribution is -0.139. The first-order valence-electron chi connectivity index (χ1n) is 10.0. The third-order valence-corrected chi connectivity index (χ3v) is 5.33. The minimum Gasteiger partial charge on any atom is -0.456 e. The van der Waals surface area contributed by atoms with Crippen molar-refractivity contribution >= 4 is 29.3 Å². The quantitative estimate of drug-likeness (QED) is 0.329. The number of hydrogen-bond donors (Lipinski definition) is 0. The summed E-state index contributed by atoms with van der Waals surface area (Å²) in [5, 5.41) is 4.91. The van der Waals surface area contributed by atoms with Crippen molar-refractivity contribution in [3.05, 3.63) is 104 Å². The molecule has 4 rings (SSSR count). The lowest BCUT2D eigenvalue weighted by Gasteiger charge is -2.04. The molecular weight excluding hydrogens is 428 g/mol. The summed E-state index contributed by atoms with van der Waals surface area (Å²) in [5.41, 5.74) is 4.25. The predicted molar refractivity (Wildman–Crippen MR) is 123 cm³/mol. The summed E-state index contributed by atoms with van der Waals surface area (Å²) in [6.07, 6.45) is 4.51. The molecule has 0 amide bonds. The summed E-state index contributed by atoms with van der Waals surface area (Å²) in [7, 11) is 0. The predicted octanol–water partition coefficient (Wildman–Crippen LogP) is 3.97. The molecule has 0 unspecified atom stereocenters. The highest BCUT2D eigenvalue weighted by Crippen LogP contribution is 2.22. The van der Waals surface area contributed by atoms with Gasteiger partial charge in [0.2, 0.25) is 0 Å². The van der Waals surface area contributed by atoms with E-state index in [0.717, 1.165) is 5.56 Å². The lowest BCUT2D eigenvalue weighted by atomic mass is 10.1. The fraction of sp³-hybridized carbons (Fsp3) is 0.167. The standard InChI is InChI=1S/C24H21ClN4O3/c1-16-6-8-18(9-7-16)14-29-24(25)20(17(2)27-29)10-11-23(31)32-15-19-13-22(30)28-12-4-3-5-21(28)26-19/h3-13H,14-15H2,1-2H3/b11-10+. The van der Waals surface area contributed by atoms with Crippen molar-refractivity contribution in [1.29, 1.82) is 0 Å². The first-order valence-corrected chi connectivity index (χ1v) is 10.4. The molecule has 0 aliphatic heterocycles. The van der Waals surface area contributed by atoms with Crippen molar-refractivity contribution in [3.8, 4) is 0 Å². The fourth-order valence-electron chi connectivity index (χ4n) is 3.25. The molecule has 0 bridgehead atoms. The highest BCUT2D eigenvalue weighted by molar-refractivity contribution is 6.31. The van der Waals surface area contributed by atoms with Crippen LogP contribution in [-0.2, 0) is 22.7 Å². The van der Waals surface area contributed by atoms with Gasteiger partial charge < -0.3 is 4.74 Å². The van der Waals surface area contributed by atoms with Gasteiger partial charge in [-0.3, -0.25) is 9.20 Å². The Hall–Kier alpha value is -3.71. The molecule has 3 aromatic heterocycles. The summed E-state index contributed by atoms with van der Waals surface area (Å²) in [5.74, 6) is -0.568. The van der Waals surface area contributed by atoms with Crippen LogP contribution >= 0.6 is 11.6 Å². The molecule has 0 atom stereocenters. The molecule has 0 radical (unpaired) electrons.